The summed E-state index contributed by atoms with van der Waals surface area (Å²) in [4.78, 5) is 28.5. The van der Waals surface area contributed by atoms with Crippen molar-refractivity contribution in [2.75, 3.05) is 42.7 Å². The third kappa shape index (κ3) is 5.72. The lowest BCUT2D eigenvalue weighted by Crippen LogP contribution is -2.45. The number of nitrogens with one attached hydrogen (secondary N) is 2. The zero-order chi connectivity index (χ0) is 23.5. The van der Waals surface area contributed by atoms with Crippen molar-refractivity contribution in [3.63, 3.8) is 0 Å². The van der Waals surface area contributed by atoms with Gasteiger partial charge in [0.05, 0.1) is 17.2 Å². The van der Waals surface area contributed by atoms with Gasteiger partial charge in [-0.3, -0.25) is 4.79 Å². The van der Waals surface area contributed by atoms with Crippen LogP contribution >= 0.6 is 0 Å². The number of urea groups is 1. The van der Waals surface area contributed by atoms with Crippen LogP contribution in [0.3, 0.4) is 0 Å². The van der Waals surface area contributed by atoms with E-state index in [0.717, 1.165) is 11.6 Å². The number of rotatable bonds is 4. The van der Waals surface area contributed by atoms with Gasteiger partial charge in [-0.15, -0.1) is 0 Å². The molecule has 1 unspecified atom stereocenters. The first-order valence-corrected chi connectivity index (χ1v) is 10.4. The van der Waals surface area contributed by atoms with Crippen LogP contribution in [0.1, 0.15) is 24.0 Å². The number of amides is 3. The summed E-state index contributed by atoms with van der Waals surface area (Å²) >= 11 is 0. The predicted octanol–water partition coefficient (Wildman–Crippen LogP) is 4.96. The number of nitrogens with zero attached hydrogens (tertiary/aromatic N) is 2. The number of carbonyl (C=O) groups is 2. The van der Waals surface area contributed by atoms with Crippen LogP contribution in [0.15, 0.2) is 42.5 Å². The van der Waals surface area contributed by atoms with Gasteiger partial charge in [-0.25, -0.2) is 4.79 Å². The summed E-state index contributed by atoms with van der Waals surface area (Å²) < 4.78 is 40.7. The molecule has 6 nitrogen and oxygen atoms in total. The number of benzene rings is 2. The van der Waals surface area contributed by atoms with Gasteiger partial charge in [-0.2, -0.15) is 13.2 Å². The standard InChI is InChI=1S/C23H27F3N4O2/c1-15-6-4-8-17(12-15)27-22(32)30-11-5-7-16(14-30)21(31)28-20-10-9-18(29(2)3)13-19(20)23(24,25)26/h4,6,8-10,12-13,16H,5,7,11,14H2,1-3H3,(H,27,32)(H,28,31). The maximum atomic E-state index is 13.6. The Morgan fingerprint density at radius 1 is 1.09 bits per heavy atom. The summed E-state index contributed by atoms with van der Waals surface area (Å²) in [6, 6.07) is 10.8. The molecule has 1 aliphatic rings. The van der Waals surface area contributed by atoms with Crippen molar-refractivity contribution in [1.82, 2.24) is 4.90 Å². The predicted molar refractivity (Wildman–Crippen MR) is 119 cm³/mol. The van der Waals surface area contributed by atoms with Gasteiger partial charge in [0.2, 0.25) is 5.91 Å². The monoisotopic (exact) mass is 448 g/mol. The van der Waals surface area contributed by atoms with Crippen LogP contribution in [0.5, 0.6) is 0 Å². The van der Waals surface area contributed by atoms with Gasteiger partial charge in [0.25, 0.3) is 0 Å². The van der Waals surface area contributed by atoms with Crippen LogP contribution in [0.4, 0.5) is 35.0 Å². The number of hydrogen-bond acceptors (Lipinski definition) is 3. The maximum Gasteiger partial charge on any atom is 0.418 e. The summed E-state index contributed by atoms with van der Waals surface area (Å²) in [7, 11) is 3.29. The molecule has 2 aromatic rings. The fraction of sp³-hybridized carbons (Fsp3) is 0.391. The lowest BCUT2D eigenvalue weighted by molar-refractivity contribution is -0.137. The Labute approximate surface area is 185 Å². The van der Waals surface area contributed by atoms with E-state index in [1.165, 1.54) is 17.0 Å². The number of carbonyl (C=O) groups excluding carboxylic acids is 2. The Bertz CT molecular complexity index is 991. The highest BCUT2D eigenvalue weighted by Gasteiger charge is 2.36. The SMILES string of the molecule is Cc1cccc(NC(=O)N2CCCC(C(=O)Nc3ccc(N(C)C)cc3C(F)(F)F)C2)c1. The van der Waals surface area contributed by atoms with Crippen molar-refractivity contribution < 1.29 is 22.8 Å². The zero-order valence-corrected chi connectivity index (χ0v) is 18.3. The Morgan fingerprint density at radius 2 is 1.84 bits per heavy atom. The number of alkyl halides is 3. The molecule has 1 heterocycles. The van der Waals surface area contributed by atoms with Crippen molar-refractivity contribution in [3.8, 4) is 0 Å². The normalized spacial score (nSPS) is 16.4. The first kappa shape index (κ1) is 23.4. The third-order valence-corrected chi connectivity index (χ3v) is 5.43. The van der Waals surface area contributed by atoms with Crippen molar-refractivity contribution in [3.05, 3.63) is 53.6 Å². The first-order valence-electron chi connectivity index (χ1n) is 10.4. The van der Waals surface area contributed by atoms with Crippen LogP contribution in [0, 0.1) is 12.8 Å². The van der Waals surface area contributed by atoms with E-state index in [0.29, 0.717) is 30.8 Å². The summed E-state index contributed by atoms with van der Waals surface area (Å²) in [5, 5.41) is 5.24. The number of anilines is 3. The molecule has 2 aromatic carbocycles. The number of likely N-dealkylation sites (tertiary alicyclic amines) is 1. The molecule has 0 saturated carbocycles. The fourth-order valence-electron chi connectivity index (χ4n) is 3.69. The zero-order valence-electron chi connectivity index (χ0n) is 18.3. The maximum absolute atomic E-state index is 13.6. The van der Waals surface area contributed by atoms with Gasteiger partial charge in [0.1, 0.15) is 0 Å². The van der Waals surface area contributed by atoms with Gasteiger partial charge >= 0.3 is 12.2 Å². The second-order valence-corrected chi connectivity index (χ2v) is 8.20. The van der Waals surface area contributed by atoms with Crippen molar-refractivity contribution >= 4 is 29.0 Å². The van der Waals surface area contributed by atoms with Crippen LogP contribution in [-0.2, 0) is 11.0 Å². The minimum absolute atomic E-state index is 0.139. The smallest absolute Gasteiger partial charge is 0.378 e. The molecule has 1 atom stereocenters. The Morgan fingerprint density at radius 3 is 2.50 bits per heavy atom. The lowest BCUT2D eigenvalue weighted by atomic mass is 9.97. The van der Waals surface area contributed by atoms with Gasteiger partial charge in [0, 0.05) is 38.6 Å². The van der Waals surface area contributed by atoms with E-state index in [1.807, 2.05) is 25.1 Å². The van der Waals surface area contributed by atoms with E-state index in [4.69, 9.17) is 0 Å². The quantitative estimate of drug-likeness (QED) is 0.695. The minimum Gasteiger partial charge on any atom is -0.378 e. The molecule has 1 fully saturated rings. The molecule has 1 saturated heterocycles. The average molecular weight is 448 g/mol. The summed E-state index contributed by atoms with van der Waals surface area (Å²) in [6.07, 6.45) is -3.52. The van der Waals surface area contributed by atoms with Gasteiger partial charge in [0.15, 0.2) is 0 Å². The van der Waals surface area contributed by atoms with E-state index in [2.05, 4.69) is 10.6 Å². The highest BCUT2D eigenvalue weighted by atomic mass is 19.4. The van der Waals surface area contributed by atoms with Crippen molar-refractivity contribution in [2.24, 2.45) is 5.92 Å². The average Bonchev–Trinajstić information content (AvgIpc) is 2.73. The van der Waals surface area contributed by atoms with E-state index >= 15 is 0 Å². The largest absolute Gasteiger partial charge is 0.418 e. The summed E-state index contributed by atoms with van der Waals surface area (Å²) in [6.45, 7) is 2.53. The molecular formula is C23H27F3N4O2. The Kier molecular flexibility index (Phi) is 6.96. The van der Waals surface area contributed by atoms with Gasteiger partial charge in [-0.1, -0.05) is 12.1 Å². The van der Waals surface area contributed by atoms with Crippen LogP contribution in [0.25, 0.3) is 0 Å². The Balaban J connectivity index is 1.69. The lowest BCUT2D eigenvalue weighted by Gasteiger charge is -2.32. The summed E-state index contributed by atoms with van der Waals surface area (Å²) in [5.74, 6) is -1.12. The number of aryl methyl sites for hydroxylation is 1. The number of piperidine rings is 1. The van der Waals surface area contributed by atoms with E-state index in [-0.39, 0.29) is 18.3 Å². The highest BCUT2D eigenvalue weighted by Crippen LogP contribution is 2.37. The fourth-order valence-corrected chi connectivity index (χ4v) is 3.69. The molecule has 0 bridgehead atoms. The van der Waals surface area contributed by atoms with Crippen molar-refractivity contribution in [2.45, 2.75) is 25.9 Å². The van der Waals surface area contributed by atoms with E-state index < -0.39 is 23.6 Å². The molecule has 1 aliphatic heterocycles. The molecule has 0 aliphatic carbocycles. The van der Waals surface area contributed by atoms with Crippen LogP contribution in [-0.4, -0.2) is 44.0 Å². The molecule has 2 N–H and O–H groups in total. The molecule has 0 aromatic heterocycles. The van der Waals surface area contributed by atoms with Crippen LogP contribution in [0.2, 0.25) is 0 Å². The molecular weight excluding hydrogens is 421 g/mol. The van der Waals surface area contributed by atoms with E-state index in [9.17, 15) is 22.8 Å². The first-order chi connectivity index (χ1) is 15.0. The minimum atomic E-state index is -4.61. The van der Waals surface area contributed by atoms with Gasteiger partial charge in [-0.05, 0) is 55.7 Å². The van der Waals surface area contributed by atoms with Crippen LogP contribution < -0.4 is 15.5 Å². The van der Waals surface area contributed by atoms with E-state index in [1.54, 1.807) is 25.1 Å². The number of hydrogen-bond donors (Lipinski definition) is 2. The second-order valence-electron chi connectivity index (χ2n) is 8.20. The topological polar surface area (TPSA) is 64.7 Å². The molecule has 3 amide bonds. The Hall–Kier alpha value is -3.23. The number of halogens is 3. The second kappa shape index (κ2) is 9.50. The van der Waals surface area contributed by atoms with Crippen molar-refractivity contribution in [1.29, 1.82) is 0 Å². The summed E-state index contributed by atoms with van der Waals surface area (Å²) in [5.41, 5.74) is 0.847. The van der Waals surface area contributed by atoms with Gasteiger partial charge < -0.3 is 20.4 Å². The molecule has 172 valence electrons. The highest BCUT2D eigenvalue weighted by molar-refractivity contribution is 5.95. The molecule has 3 rings (SSSR count). The third-order valence-electron chi connectivity index (χ3n) is 5.43. The molecule has 9 heteroatoms. The molecule has 0 radical (unpaired) electrons. The molecule has 32 heavy (non-hydrogen) atoms. The molecule has 0 spiro atoms.